The van der Waals surface area contributed by atoms with Crippen LogP contribution in [0.4, 0.5) is 10.2 Å². The smallest absolute Gasteiger partial charge is 0.257 e. The maximum Gasteiger partial charge on any atom is 0.257 e. The number of rotatable bonds is 2. The zero-order valence-corrected chi connectivity index (χ0v) is 12.8. The summed E-state index contributed by atoms with van der Waals surface area (Å²) in [5.74, 6) is -0.227. The molecule has 22 heavy (non-hydrogen) atoms. The van der Waals surface area contributed by atoms with E-state index in [0.29, 0.717) is 31.7 Å². The summed E-state index contributed by atoms with van der Waals surface area (Å²) in [6.07, 6.45) is 4.66. The molecule has 1 fully saturated rings. The van der Waals surface area contributed by atoms with E-state index >= 15 is 0 Å². The highest BCUT2D eigenvalue weighted by molar-refractivity contribution is 6.30. The van der Waals surface area contributed by atoms with Crippen molar-refractivity contribution in [3.63, 3.8) is 0 Å². The molecule has 0 aromatic carbocycles. The van der Waals surface area contributed by atoms with E-state index in [1.165, 1.54) is 12.3 Å². The highest BCUT2D eigenvalue weighted by atomic mass is 35.5. The number of piperazine rings is 1. The summed E-state index contributed by atoms with van der Waals surface area (Å²) in [6, 6.07) is 1.25. The SMILES string of the molecule is Cn1cc(C(=O)N2CCN(c3ncc(Cl)cc3F)CC2)cn1. The Morgan fingerprint density at radius 3 is 2.59 bits per heavy atom. The van der Waals surface area contributed by atoms with Crippen LogP contribution in [0.2, 0.25) is 5.02 Å². The first-order valence-electron chi connectivity index (χ1n) is 6.88. The highest BCUT2D eigenvalue weighted by Crippen LogP contribution is 2.21. The molecule has 3 heterocycles. The maximum atomic E-state index is 13.9. The van der Waals surface area contributed by atoms with E-state index in [2.05, 4.69) is 10.1 Å². The normalized spacial score (nSPS) is 15.2. The van der Waals surface area contributed by atoms with E-state index in [9.17, 15) is 9.18 Å². The second kappa shape index (κ2) is 5.92. The van der Waals surface area contributed by atoms with Gasteiger partial charge in [0.2, 0.25) is 0 Å². The Hall–Kier alpha value is -2.15. The third kappa shape index (κ3) is 2.89. The average molecular weight is 324 g/mol. The van der Waals surface area contributed by atoms with E-state index in [1.54, 1.807) is 29.0 Å². The molecule has 1 saturated heterocycles. The van der Waals surface area contributed by atoms with Crippen molar-refractivity contribution in [3.8, 4) is 0 Å². The highest BCUT2D eigenvalue weighted by Gasteiger charge is 2.25. The Morgan fingerprint density at radius 2 is 2.00 bits per heavy atom. The summed E-state index contributed by atoms with van der Waals surface area (Å²) >= 11 is 5.71. The Balaban J connectivity index is 1.66. The van der Waals surface area contributed by atoms with Crippen molar-refractivity contribution in [2.24, 2.45) is 7.05 Å². The molecule has 1 amide bonds. The molecule has 1 aliphatic heterocycles. The number of halogens is 2. The summed E-state index contributed by atoms with van der Waals surface area (Å²) < 4.78 is 15.5. The van der Waals surface area contributed by atoms with Gasteiger partial charge < -0.3 is 9.80 Å². The van der Waals surface area contributed by atoms with Crippen molar-refractivity contribution in [2.75, 3.05) is 31.1 Å². The number of aromatic nitrogens is 3. The lowest BCUT2D eigenvalue weighted by Crippen LogP contribution is -2.49. The van der Waals surface area contributed by atoms with Crippen molar-refractivity contribution >= 4 is 23.3 Å². The lowest BCUT2D eigenvalue weighted by molar-refractivity contribution is 0.0746. The number of nitrogens with zero attached hydrogens (tertiary/aromatic N) is 5. The molecule has 6 nitrogen and oxygen atoms in total. The molecule has 0 atom stereocenters. The largest absolute Gasteiger partial charge is 0.351 e. The van der Waals surface area contributed by atoms with Crippen LogP contribution in [0.1, 0.15) is 10.4 Å². The zero-order valence-electron chi connectivity index (χ0n) is 12.0. The number of pyridine rings is 1. The molecule has 2 aromatic heterocycles. The minimum Gasteiger partial charge on any atom is -0.351 e. The van der Waals surface area contributed by atoms with Gasteiger partial charge >= 0.3 is 0 Å². The van der Waals surface area contributed by atoms with E-state index < -0.39 is 5.82 Å². The first-order valence-corrected chi connectivity index (χ1v) is 7.26. The predicted octanol–water partition coefficient (Wildman–Crippen LogP) is 1.57. The molecule has 8 heteroatoms. The van der Waals surface area contributed by atoms with E-state index in [-0.39, 0.29) is 16.7 Å². The number of carbonyl (C=O) groups is 1. The van der Waals surface area contributed by atoms with E-state index in [0.717, 1.165) is 0 Å². The summed E-state index contributed by atoms with van der Waals surface area (Å²) in [5, 5.41) is 4.27. The van der Waals surface area contributed by atoms with Crippen molar-refractivity contribution in [2.45, 2.75) is 0 Å². The Bertz CT molecular complexity index is 696. The van der Waals surface area contributed by atoms with Crippen LogP contribution in [-0.4, -0.2) is 51.8 Å². The summed E-state index contributed by atoms with van der Waals surface area (Å²) in [7, 11) is 1.77. The molecule has 0 aliphatic carbocycles. The van der Waals surface area contributed by atoms with Gasteiger partial charge in [-0.2, -0.15) is 5.10 Å². The fourth-order valence-electron chi connectivity index (χ4n) is 2.48. The molecule has 116 valence electrons. The molecular weight excluding hydrogens is 309 g/mol. The number of carbonyl (C=O) groups excluding carboxylic acids is 1. The number of hydrogen-bond donors (Lipinski definition) is 0. The van der Waals surface area contributed by atoms with Crippen LogP contribution in [0.3, 0.4) is 0 Å². The van der Waals surface area contributed by atoms with Gasteiger partial charge in [0.15, 0.2) is 11.6 Å². The van der Waals surface area contributed by atoms with Gasteiger partial charge in [0.25, 0.3) is 5.91 Å². The monoisotopic (exact) mass is 323 g/mol. The Kier molecular flexibility index (Phi) is 3.98. The quantitative estimate of drug-likeness (QED) is 0.842. The number of amides is 1. The molecule has 0 unspecified atom stereocenters. The standard InChI is InChI=1S/C14H15ClFN5O/c1-19-9-10(7-18-19)14(22)21-4-2-20(3-5-21)13-12(16)6-11(15)8-17-13/h6-9H,2-5H2,1H3. The van der Waals surface area contributed by atoms with Crippen molar-refractivity contribution in [1.29, 1.82) is 0 Å². The Labute approximate surface area is 132 Å². The minimum atomic E-state index is -0.445. The van der Waals surface area contributed by atoms with Crippen LogP contribution in [0, 0.1) is 5.82 Å². The fraction of sp³-hybridized carbons (Fsp3) is 0.357. The number of anilines is 1. The van der Waals surface area contributed by atoms with Crippen LogP contribution in [-0.2, 0) is 7.05 Å². The minimum absolute atomic E-state index is 0.0581. The van der Waals surface area contributed by atoms with Crippen LogP contribution < -0.4 is 4.90 Å². The van der Waals surface area contributed by atoms with Gasteiger partial charge in [-0.05, 0) is 6.07 Å². The van der Waals surface area contributed by atoms with Crippen molar-refractivity contribution in [1.82, 2.24) is 19.7 Å². The van der Waals surface area contributed by atoms with Gasteiger partial charge in [0.05, 0.1) is 16.8 Å². The van der Waals surface area contributed by atoms with Gasteiger partial charge in [-0.3, -0.25) is 9.48 Å². The van der Waals surface area contributed by atoms with Crippen LogP contribution in [0.5, 0.6) is 0 Å². The van der Waals surface area contributed by atoms with Crippen LogP contribution in [0.25, 0.3) is 0 Å². The van der Waals surface area contributed by atoms with Crippen molar-refractivity contribution < 1.29 is 9.18 Å². The first-order chi connectivity index (χ1) is 10.5. The van der Waals surface area contributed by atoms with Crippen LogP contribution >= 0.6 is 11.6 Å². The average Bonchev–Trinajstić information content (AvgIpc) is 2.93. The Morgan fingerprint density at radius 1 is 1.27 bits per heavy atom. The lowest BCUT2D eigenvalue weighted by atomic mass is 10.2. The lowest BCUT2D eigenvalue weighted by Gasteiger charge is -2.35. The number of hydrogen-bond acceptors (Lipinski definition) is 4. The second-order valence-corrected chi connectivity index (χ2v) is 5.58. The van der Waals surface area contributed by atoms with Crippen molar-refractivity contribution in [3.05, 3.63) is 41.1 Å². The third-order valence-electron chi connectivity index (χ3n) is 3.61. The molecule has 2 aromatic rings. The number of aryl methyl sites for hydroxylation is 1. The van der Waals surface area contributed by atoms with Gasteiger partial charge in [-0.15, -0.1) is 0 Å². The molecule has 0 radical (unpaired) electrons. The van der Waals surface area contributed by atoms with E-state index in [1.807, 2.05) is 4.90 Å². The molecule has 0 spiro atoms. The molecule has 0 saturated carbocycles. The molecular formula is C14H15ClFN5O. The molecule has 1 aliphatic rings. The van der Waals surface area contributed by atoms with E-state index in [4.69, 9.17) is 11.6 Å². The van der Waals surface area contributed by atoms with Crippen LogP contribution in [0.15, 0.2) is 24.7 Å². The molecule has 3 rings (SSSR count). The molecule has 0 N–H and O–H groups in total. The first kappa shape index (κ1) is 14.8. The summed E-state index contributed by atoms with van der Waals surface area (Å²) in [4.78, 5) is 19.9. The zero-order chi connectivity index (χ0) is 15.7. The molecule has 0 bridgehead atoms. The van der Waals surface area contributed by atoms with Gasteiger partial charge in [-0.1, -0.05) is 11.6 Å². The summed E-state index contributed by atoms with van der Waals surface area (Å²) in [6.45, 7) is 2.07. The van der Waals surface area contributed by atoms with Gasteiger partial charge in [-0.25, -0.2) is 9.37 Å². The topological polar surface area (TPSA) is 54.3 Å². The second-order valence-electron chi connectivity index (χ2n) is 5.14. The third-order valence-corrected chi connectivity index (χ3v) is 3.81. The van der Waals surface area contributed by atoms with Gasteiger partial charge in [0, 0.05) is 45.6 Å². The fourth-order valence-corrected chi connectivity index (χ4v) is 2.62. The predicted molar refractivity (Wildman–Crippen MR) is 80.5 cm³/mol. The van der Waals surface area contributed by atoms with Gasteiger partial charge in [0.1, 0.15) is 0 Å². The maximum absolute atomic E-state index is 13.9. The summed E-state index contributed by atoms with van der Waals surface area (Å²) in [5.41, 5.74) is 0.562.